The number of nitrogens with two attached hydrogens (primary N) is 1. The molecular weight excluding hydrogens is 202 g/mol. The molecule has 4 N–H and O–H groups in total. The third-order valence-electron chi connectivity index (χ3n) is 2.69. The summed E-state index contributed by atoms with van der Waals surface area (Å²) in [6.07, 6.45) is -0.101. The van der Waals surface area contributed by atoms with Crippen LogP contribution in [-0.4, -0.2) is 14.2 Å². The SMILES string of the molecule is CNC(NN)c1ccc(C(C)C)cc1OC. The molecule has 1 aromatic rings. The number of hydrogen-bond donors (Lipinski definition) is 3. The Balaban J connectivity index is 3.10. The Bertz CT molecular complexity index is 335. The highest BCUT2D eigenvalue weighted by atomic mass is 16.5. The van der Waals surface area contributed by atoms with Crippen molar-refractivity contribution in [3.63, 3.8) is 0 Å². The Morgan fingerprint density at radius 1 is 1.31 bits per heavy atom. The van der Waals surface area contributed by atoms with Gasteiger partial charge in [0.15, 0.2) is 0 Å². The molecule has 0 saturated heterocycles. The van der Waals surface area contributed by atoms with E-state index in [0.29, 0.717) is 5.92 Å². The number of hydrogen-bond acceptors (Lipinski definition) is 4. The lowest BCUT2D eigenvalue weighted by atomic mass is 10.00. The Morgan fingerprint density at radius 3 is 2.44 bits per heavy atom. The molecule has 0 fully saturated rings. The van der Waals surface area contributed by atoms with Gasteiger partial charge in [-0.3, -0.25) is 5.84 Å². The van der Waals surface area contributed by atoms with E-state index in [1.165, 1.54) is 5.56 Å². The van der Waals surface area contributed by atoms with Crippen molar-refractivity contribution in [2.24, 2.45) is 5.84 Å². The standard InChI is InChI=1S/C12H21N3O/c1-8(2)9-5-6-10(11(7-9)16-4)12(14-3)15-13/h5-8,12,14-15H,13H2,1-4H3. The second-order valence-electron chi connectivity index (χ2n) is 4.04. The van der Waals surface area contributed by atoms with Crippen LogP contribution in [0.5, 0.6) is 5.75 Å². The molecule has 0 aliphatic rings. The molecule has 1 unspecified atom stereocenters. The van der Waals surface area contributed by atoms with Crippen LogP contribution in [0.3, 0.4) is 0 Å². The molecule has 0 heterocycles. The van der Waals surface area contributed by atoms with Crippen molar-refractivity contribution in [1.82, 2.24) is 10.7 Å². The van der Waals surface area contributed by atoms with E-state index < -0.39 is 0 Å². The summed E-state index contributed by atoms with van der Waals surface area (Å²) >= 11 is 0. The van der Waals surface area contributed by atoms with Crippen molar-refractivity contribution in [3.8, 4) is 5.75 Å². The zero-order valence-electron chi connectivity index (χ0n) is 10.4. The van der Waals surface area contributed by atoms with Crippen LogP contribution in [-0.2, 0) is 0 Å². The second kappa shape index (κ2) is 5.84. The summed E-state index contributed by atoms with van der Waals surface area (Å²) in [5.74, 6) is 6.81. The molecule has 0 saturated carbocycles. The average molecular weight is 223 g/mol. The Labute approximate surface area is 97.1 Å². The maximum Gasteiger partial charge on any atom is 0.125 e. The fourth-order valence-corrected chi connectivity index (χ4v) is 1.65. The third-order valence-corrected chi connectivity index (χ3v) is 2.69. The van der Waals surface area contributed by atoms with Gasteiger partial charge in [0.25, 0.3) is 0 Å². The van der Waals surface area contributed by atoms with Crippen molar-refractivity contribution in [1.29, 1.82) is 0 Å². The topological polar surface area (TPSA) is 59.3 Å². The van der Waals surface area contributed by atoms with Gasteiger partial charge in [-0.15, -0.1) is 0 Å². The Hall–Kier alpha value is -1.10. The number of methoxy groups -OCH3 is 1. The summed E-state index contributed by atoms with van der Waals surface area (Å²) in [6.45, 7) is 4.32. The molecule has 1 aromatic carbocycles. The summed E-state index contributed by atoms with van der Waals surface area (Å²) in [5, 5.41) is 3.08. The molecule has 4 heteroatoms. The molecule has 90 valence electrons. The van der Waals surface area contributed by atoms with E-state index in [2.05, 4.69) is 36.7 Å². The van der Waals surface area contributed by atoms with Gasteiger partial charge < -0.3 is 10.1 Å². The van der Waals surface area contributed by atoms with Crippen molar-refractivity contribution >= 4 is 0 Å². The van der Waals surface area contributed by atoms with Crippen LogP contribution in [0.25, 0.3) is 0 Å². The summed E-state index contributed by atoms with van der Waals surface area (Å²) in [5.41, 5.74) is 4.97. The fraction of sp³-hybridized carbons (Fsp3) is 0.500. The zero-order valence-corrected chi connectivity index (χ0v) is 10.4. The van der Waals surface area contributed by atoms with Gasteiger partial charge in [0.2, 0.25) is 0 Å². The number of rotatable bonds is 5. The van der Waals surface area contributed by atoms with Gasteiger partial charge >= 0.3 is 0 Å². The predicted molar refractivity (Wildman–Crippen MR) is 66.2 cm³/mol. The second-order valence-corrected chi connectivity index (χ2v) is 4.04. The van der Waals surface area contributed by atoms with Crippen LogP contribution in [0.15, 0.2) is 18.2 Å². The van der Waals surface area contributed by atoms with Crippen molar-refractivity contribution < 1.29 is 4.74 Å². The van der Waals surface area contributed by atoms with Crippen molar-refractivity contribution in [3.05, 3.63) is 29.3 Å². The predicted octanol–water partition coefficient (Wildman–Crippen LogP) is 1.50. The van der Waals surface area contributed by atoms with Gasteiger partial charge in [0, 0.05) is 5.56 Å². The van der Waals surface area contributed by atoms with E-state index in [9.17, 15) is 0 Å². The van der Waals surface area contributed by atoms with Gasteiger partial charge in [-0.1, -0.05) is 26.0 Å². The van der Waals surface area contributed by atoms with E-state index in [1.807, 2.05) is 13.1 Å². The maximum absolute atomic E-state index is 5.47. The minimum Gasteiger partial charge on any atom is -0.496 e. The smallest absolute Gasteiger partial charge is 0.125 e. The molecule has 4 nitrogen and oxygen atoms in total. The van der Waals surface area contributed by atoms with E-state index in [0.717, 1.165) is 11.3 Å². The molecule has 0 radical (unpaired) electrons. The lowest BCUT2D eigenvalue weighted by Gasteiger charge is -2.19. The third kappa shape index (κ3) is 2.72. The quantitative estimate of drug-likeness (QED) is 0.402. The highest BCUT2D eigenvalue weighted by molar-refractivity contribution is 5.40. The highest BCUT2D eigenvalue weighted by Crippen LogP contribution is 2.27. The first-order chi connectivity index (χ1) is 7.63. The van der Waals surface area contributed by atoms with Crippen LogP contribution in [0, 0.1) is 0 Å². The summed E-state index contributed by atoms with van der Waals surface area (Å²) < 4.78 is 5.39. The van der Waals surface area contributed by atoms with Crippen molar-refractivity contribution in [2.75, 3.05) is 14.2 Å². The lowest BCUT2D eigenvalue weighted by molar-refractivity contribution is 0.390. The van der Waals surface area contributed by atoms with Crippen LogP contribution >= 0.6 is 0 Å². The molecular formula is C12H21N3O. The first-order valence-corrected chi connectivity index (χ1v) is 5.45. The van der Waals surface area contributed by atoms with Gasteiger partial charge in [0.1, 0.15) is 5.75 Å². The Kier molecular flexibility index (Phi) is 4.73. The molecule has 0 aliphatic carbocycles. The monoisotopic (exact) mass is 223 g/mol. The minimum atomic E-state index is -0.101. The van der Waals surface area contributed by atoms with Crippen LogP contribution in [0.1, 0.15) is 37.1 Å². The van der Waals surface area contributed by atoms with Crippen LogP contribution < -0.4 is 21.3 Å². The van der Waals surface area contributed by atoms with Gasteiger partial charge in [-0.2, -0.15) is 0 Å². The largest absolute Gasteiger partial charge is 0.496 e. The molecule has 0 bridgehead atoms. The zero-order chi connectivity index (χ0) is 12.1. The molecule has 1 atom stereocenters. The molecule has 0 aromatic heterocycles. The van der Waals surface area contributed by atoms with E-state index in [4.69, 9.17) is 10.6 Å². The molecule has 0 spiro atoms. The minimum absolute atomic E-state index is 0.101. The number of hydrazine groups is 1. The average Bonchev–Trinajstić information content (AvgIpc) is 2.30. The lowest BCUT2D eigenvalue weighted by Crippen LogP contribution is -2.36. The van der Waals surface area contributed by atoms with Gasteiger partial charge in [0.05, 0.1) is 13.3 Å². The van der Waals surface area contributed by atoms with E-state index >= 15 is 0 Å². The molecule has 16 heavy (non-hydrogen) atoms. The first kappa shape index (κ1) is 13.0. The van der Waals surface area contributed by atoms with Crippen LogP contribution in [0.2, 0.25) is 0 Å². The Morgan fingerprint density at radius 2 is 2.00 bits per heavy atom. The molecule has 0 aliphatic heterocycles. The summed E-state index contributed by atoms with van der Waals surface area (Å²) in [4.78, 5) is 0. The summed E-state index contributed by atoms with van der Waals surface area (Å²) in [7, 11) is 3.52. The number of nitrogens with one attached hydrogen (secondary N) is 2. The van der Waals surface area contributed by atoms with Crippen LogP contribution in [0.4, 0.5) is 0 Å². The number of ether oxygens (including phenoxy) is 1. The maximum atomic E-state index is 5.47. The van der Waals surface area contributed by atoms with Gasteiger partial charge in [-0.25, -0.2) is 5.43 Å². The number of benzene rings is 1. The van der Waals surface area contributed by atoms with Gasteiger partial charge in [-0.05, 0) is 24.6 Å². The van der Waals surface area contributed by atoms with E-state index in [1.54, 1.807) is 7.11 Å². The summed E-state index contributed by atoms with van der Waals surface area (Å²) in [6, 6.07) is 6.20. The molecule has 0 amide bonds. The molecule has 1 rings (SSSR count). The highest BCUT2D eigenvalue weighted by Gasteiger charge is 2.13. The van der Waals surface area contributed by atoms with Crippen molar-refractivity contribution in [2.45, 2.75) is 25.9 Å². The fourth-order valence-electron chi connectivity index (χ4n) is 1.65. The van der Waals surface area contributed by atoms with E-state index in [-0.39, 0.29) is 6.17 Å². The first-order valence-electron chi connectivity index (χ1n) is 5.45. The normalized spacial score (nSPS) is 12.9.